The van der Waals surface area contributed by atoms with E-state index in [0.29, 0.717) is 22.6 Å². The summed E-state index contributed by atoms with van der Waals surface area (Å²) in [5.41, 5.74) is 1.72. The van der Waals surface area contributed by atoms with Gasteiger partial charge in [-0.3, -0.25) is 14.6 Å². The lowest BCUT2D eigenvalue weighted by Crippen LogP contribution is -2.33. The van der Waals surface area contributed by atoms with Crippen LogP contribution in [0.15, 0.2) is 35.6 Å². The first-order valence-corrected chi connectivity index (χ1v) is 11.4. The molecule has 0 atom stereocenters. The molecular weight excluding hydrogens is 420 g/mol. The van der Waals surface area contributed by atoms with E-state index in [9.17, 15) is 9.59 Å². The van der Waals surface area contributed by atoms with Crippen molar-refractivity contribution in [2.45, 2.75) is 51.1 Å². The highest BCUT2D eigenvalue weighted by atomic mass is 35.5. The van der Waals surface area contributed by atoms with E-state index in [-0.39, 0.29) is 17.3 Å². The topological polar surface area (TPSA) is 84.8 Å². The van der Waals surface area contributed by atoms with Gasteiger partial charge in [0.1, 0.15) is 5.82 Å². The summed E-state index contributed by atoms with van der Waals surface area (Å²) in [5.74, 6) is 1.23. The molecule has 0 radical (unpaired) electrons. The third kappa shape index (κ3) is 5.53. The van der Waals surface area contributed by atoms with Crippen molar-refractivity contribution in [2.75, 3.05) is 0 Å². The van der Waals surface area contributed by atoms with Gasteiger partial charge in [0.2, 0.25) is 5.12 Å². The molecule has 0 amide bonds. The molecule has 2 fully saturated rings. The van der Waals surface area contributed by atoms with Gasteiger partial charge in [-0.2, -0.15) is 0 Å². The van der Waals surface area contributed by atoms with Gasteiger partial charge in [-0.25, -0.2) is 9.97 Å². The highest BCUT2D eigenvalue weighted by molar-refractivity contribution is 8.18. The number of Topliss-reactive ketones (excluding diaryl/α,β-unsaturated/α-hetero) is 1. The van der Waals surface area contributed by atoms with Gasteiger partial charge >= 0.3 is 0 Å². The van der Waals surface area contributed by atoms with Crippen LogP contribution in [0, 0.1) is 5.92 Å². The number of pyridine rings is 1. The molecule has 0 bridgehead atoms. The van der Waals surface area contributed by atoms with Crippen LogP contribution in [-0.2, 0) is 22.6 Å². The van der Waals surface area contributed by atoms with Gasteiger partial charge in [0, 0.05) is 48.2 Å². The van der Waals surface area contributed by atoms with Crippen LogP contribution in [0.1, 0.15) is 49.2 Å². The van der Waals surface area contributed by atoms with Gasteiger partial charge < -0.3 is 5.32 Å². The Labute approximate surface area is 184 Å². The van der Waals surface area contributed by atoms with Crippen molar-refractivity contribution >= 4 is 40.3 Å². The molecule has 2 aromatic rings. The number of rotatable bonds is 6. The maximum Gasteiger partial charge on any atom is 0.201 e. The van der Waals surface area contributed by atoms with Crippen LogP contribution in [-0.4, -0.2) is 31.9 Å². The molecule has 1 aliphatic carbocycles. The smallest absolute Gasteiger partial charge is 0.201 e. The first-order valence-electron chi connectivity index (χ1n) is 10.2. The molecular formula is C22H23ClN4O2S. The Morgan fingerprint density at radius 3 is 2.73 bits per heavy atom. The fourth-order valence-electron chi connectivity index (χ4n) is 3.90. The maximum atomic E-state index is 11.8. The van der Waals surface area contributed by atoms with Crippen molar-refractivity contribution in [1.82, 2.24) is 20.3 Å². The highest BCUT2D eigenvalue weighted by Gasteiger charge is 2.26. The number of ketones is 1. The van der Waals surface area contributed by atoms with Crippen molar-refractivity contribution in [3.63, 3.8) is 0 Å². The van der Waals surface area contributed by atoms with Gasteiger partial charge in [0.25, 0.3) is 0 Å². The number of hydrogen-bond acceptors (Lipinski definition) is 7. The SMILES string of the molecule is O=C1CC(=O)/C(=C/c2ccnc(CC3CCC(NCc4cnccc4Cl)CC3)n2)S1. The lowest BCUT2D eigenvalue weighted by Gasteiger charge is -2.29. The number of nitrogens with zero attached hydrogens (tertiary/aromatic N) is 3. The van der Waals surface area contributed by atoms with Gasteiger partial charge in [0.05, 0.1) is 17.0 Å². The average Bonchev–Trinajstić information content (AvgIpc) is 3.05. The predicted molar refractivity (Wildman–Crippen MR) is 118 cm³/mol. The molecule has 1 saturated carbocycles. The van der Waals surface area contributed by atoms with Crippen molar-refractivity contribution in [2.24, 2.45) is 5.92 Å². The second kappa shape index (κ2) is 9.81. The zero-order valence-corrected chi connectivity index (χ0v) is 18.1. The normalized spacial score (nSPS) is 23.3. The molecule has 8 heteroatoms. The first kappa shape index (κ1) is 21.2. The summed E-state index contributed by atoms with van der Waals surface area (Å²) in [7, 11) is 0. The van der Waals surface area contributed by atoms with Crippen molar-refractivity contribution < 1.29 is 9.59 Å². The van der Waals surface area contributed by atoms with Gasteiger partial charge in [-0.15, -0.1) is 0 Å². The Bertz CT molecular complexity index is 973. The molecule has 0 unspecified atom stereocenters. The lowest BCUT2D eigenvalue weighted by molar-refractivity contribution is -0.119. The van der Waals surface area contributed by atoms with E-state index < -0.39 is 0 Å². The minimum atomic E-state index is -0.122. The van der Waals surface area contributed by atoms with Crippen molar-refractivity contribution in [1.29, 1.82) is 0 Å². The Morgan fingerprint density at radius 2 is 2.00 bits per heavy atom. The summed E-state index contributed by atoms with van der Waals surface area (Å²) in [6.45, 7) is 0.737. The zero-order chi connectivity index (χ0) is 20.9. The Hall–Kier alpha value is -2.09. The second-order valence-corrected chi connectivity index (χ2v) is 9.26. The van der Waals surface area contributed by atoms with Crippen LogP contribution < -0.4 is 5.32 Å². The number of carbonyl (C=O) groups is 2. The minimum absolute atomic E-state index is 0.0152. The Kier molecular flexibility index (Phi) is 6.92. The molecule has 0 spiro atoms. The molecule has 6 nitrogen and oxygen atoms in total. The highest BCUT2D eigenvalue weighted by Crippen LogP contribution is 2.31. The molecule has 4 rings (SSSR count). The van der Waals surface area contributed by atoms with Crippen LogP contribution in [0.5, 0.6) is 0 Å². The van der Waals surface area contributed by atoms with Gasteiger partial charge in [0.15, 0.2) is 5.78 Å². The van der Waals surface area contributed by atoms with E-state index in [1.54, 1.807) is 24.5 Å². The lowest BCUT2D eigenvalue weighted by atomic mass is 9.84. The zero-order valence-electron chi connectivity index (χ0n) is 16.5. The minimum Gasteiger partial charge on any atom is -0.310 e. The molecule has 3 heterocycles. The quantitative estimate of drug-likeness (QED) is 0.534. The van der Waals surface area contributed by atoms with Crippen LogP contribution in [0.4, 0.5) is 0 Å². The van der Waals surface area contributed by atoms with E-state index in [1.165, 1.54) is 0 Å². The molecule has 156 valence electrons. The summed E-state index contributed by atoms with van der Waals surface area (Å²) < 4.78 is 0. The van der Waals surface area contributed by atoms with E-state index in [2.05, 4.69) is 20.3 Å². The second-order valence-electron chi connectivity index (χ2n) is 7.75. The van der Waals surface area contributed by atoms with Crippen molar-refractivity contribution in [3.8, 4) is 0 Å². The summed E-state index contributed by atoms with van der Waals surface area (Å²) >= 11 is 7.21. The van der Waals surface area contributed by atoms with Crippen LogP contribution in [0.25, 0.3) is 6.08 Å². The number of halogens is 1. The molecule has 2 aliphatic rings. The Morgan fingerprint density at radius 1 is 1.17 bits per heavy atom. The van der Waals surface area contributed by atoms with Gasteiger partial charge in [-0.1, -0.05) is 11.6 Å². The molecule has 30 heavy (non-hydrogen) atoms. The van der Waals surface area contributed by atoms with Crippen molar-refractivity contribution in [3.05, 3.63) is 57.7 Å². The summed E-state index contributed by atoms with van der Waals surface area (Å²) in [5, 5.41) is 4.25. The van der Waals surface area contributed by atoms with Crippen LogP contribution in [0.2, 0.25) is 5.02 Å². The fourth-order valence-corrected chi connectivity index (χ4v) is 4.88. The summed E-state index contributed by atoms with van der Waals surface area (Å²) in [6, 6.07) is 4.08. The third-order valence-electron chi connectivity index (χ3n) is 5.55. The van der Waals surface area contributed by atoms with Gasteiger partial charge in [-0.05, 0) is 61.6 Å². The molecule has 0 aromatic carbocycles. The number of allylic oxidation sites excluding steroid dienone is 1. The molecule has 1 saturated heterocycles. The van der Waals surface area contributed by atoms with E-state index in [0.717, 1.165) is 66.8 Å². The number of aromatic nitrogens is 3. The number of nitrogens with one attached hydrogen (secondary N) is 1. The van der Waals surface area contributed by atoms with Crippen LogP contribution in [0.3, 0.4) is 0 Å². The molecule has 1 N–H and O–H groups in total. The maximum absolute atomic E-state index is 11.8. The third-order valence-corrected chi connectivity index (χ3v) is 6.86. The number of thioether (sulfide) groups is 1. The number of hydrogen-bond donors (Lipinski definition) is 1. The standard InChI is InChI=1S/C22H23ClN4O2S/c23-18-6-7-24-12-15(18)13-26-16-3-1-14(2-4-16)9-21-25-8-5-17(27-21)10-20-19(28)11-22(29)30-20/h5-8,10,12,14,16,26H,1-4,9,11,13H2/b20-10-. The number of carbonyl (C=O) groups excluding carboxylic acids is 2. The average molecular weight is 443 g/mol. The van der Waals surface area contributed by atoms with E-state index >= 15 is 0 Å². The van der Waals surface area contributed by atoms with Crippen LogP contribution >= 0.6 is 23.4 Å². The monoisotopic (exact) mass is 442 g/mol. The predicted octanol–water partition coefficient (Wildman–Crippen LogP) is 3.99. The van der Waals surface area contributed by atoms with E-state index in [4.69, 9.17) is 11.6 Å². The first-order chi connectivity index (χ1) is 14.6. The summed E-state index contributed by atoms with van der Waals surface area (Å²) in [4.78, 5) is 36.8. The Balaban J connectivity index is 1.28. The fraction of sp³-hybridized carbons (Fsp3) is 0.409. The molecule has 1 aliphatic heterocycles. The molecule has 2 aromatic heterocycles. The van der Waals surface area contributed by atoms with E-state index in [1.807, 2.05) is 12.3 Å². The largest absolute Gasteiger partial charge is 0.310 e. The summed E-state index contributed by atoms with van der Waals surface area (Å²) in [6.07, 6.45) is 12.2.